The summed E-state index contributed by atoms with van der Waals surface area (Å²) in [4.78, 5) is 50.2. The molecule has 0 spiro atoms. The second-order valence-corrected chi connectivity index (χ2v) is 9.63. The van der Waals surface area contributed by atoms with Crippen LogP contribution in [0, 0.1) is 0 Å². The maximum Gasteiger partial charge on any atom is 0.264 e. The van der Waals surface area contributed by atoms with Gasteiger partial charge in [0.15, 0.2) is 0 Å². The average molecular weight is 641 g/mol. The van der Waals surface area contributed by atoms with Gasteiger partial charge in [-0.05, 0) is 18.6 Å². The highest BCUT2D eigenvalue weighted by Gasteiger charge is 2.41. The lowest BCUT2D eigenvalue weighted by atomic mass is 10.1. The molecular formula is C30H48N4O11. The van der Waals surface area contributed by atoms with Gasteiger partial charge in [-0.3, -0.25) is 19.3 Å². The molecule has 15 nitrogen and oxygen atoms in total. The van der Waals surface area contributed by atoms with Crippen LogP contribution in [0.5, 0.6) is 0 Å². The van der Waals surface area contributed by atoms with E-state index in [1.165, 1.54) is 7.05 Å². The number of carbonyl (C=O) groups excluding carboxylic acids is 4. The molecule has 2 rings (SSSR count). The molecule has 0 saturated heterocycles. The summed E-state index contributed by atoms with van der Waals surface area (Å²) in [5, 5.41) is 5.59. The molecule has 0 saturated carbocycles. The van der Waals surface area contributed by atoms with E-state index in [4.69, 9.17) is 38.9 Å². The van der Waals surface area contributed by atoms with Crippen LogP contribution in [0.2, 0.25) is 0 Å². The number of fused-ring (bicyclic) bond motifs is 1. The predicted molar refractivity (Wildman–Crippen MR) is 163 cm³/mol. The molecule has 1 aromatic carbocycles. The molecule has 0 aliphatic carbocycles. The number of hydrogen-bond donors (Lipinski definition) is 3. The largest absolute Gasteiger partial charge is 0.382 e. The molecule has 1 heterocycles. The molecule has 3 amide bonds. The number of rotatable bonds is 29. The van der Waals surface area contributed by atoms with Crippen LogP contribution in [-0.2, 0) is 42.7 Å². The number of nitrogens with two attached hydrogens (primary N) is 1. The zero-order chi connectivity index (χ0) is 32.5. The lowest BCUT2D eigenvalue weighted by Crippen LogP contribution is -2.41. The Hall–Kier alpha value is -3.02. The number of hydrogen-bond acceptors (Lipinski definition) is 13. The van der Waals surface area contributed by atoms with Crippen molar-refractivity contribution in [3.8, 4) is 0 Å². The van der Waals surface area contributed by atoms with Gasteiger partial charge >= 0.3 is 0 Å². The van der Waals surface area contributed by atoms with Gasteiger partial charge in [0.2, 0.25) is 5.91 Å². The molecule has 1 unspecified atom stereocenters. The Morgan fingerprint density at radius 1 is 0.778 bits per heavy atom. The van der Waals surface area contributed by atoms with Crippen molar-refractivity contribution in [1.82, 2.24) is 10.2 Å². The normalized spacial score (nSPS) is 13.2. The van der Waals surface area contributed by atoms with Crippen LogP contribution in [0.25, 0.3) is 0 Å². The average Bonchev–Trinajstić information content (AvgIpc) is 3.31. The van der Waals surface area contributed by atoms with Gasteiger partial charge < -0.3 is 54.3 Å². The maximum atomic E-state index is 13.1. The van der Waals surface area contributed by atoms with Gasteiger partial charge in [-0.1, -0.05) is 6.07 Å². The third-order valence-electron chi connectivity index (χ3n) is 6.44. The molecule has 1 atom stereocenters. The Labute approximate surface area is 264 Å². The van der Waals surface area contributed by atoms with Gasteiger partial charge in [-0.25, -0.2) is 0 Å². The molecule has 0 bridgehead atoms. The Morgan fingerprint density at radius 3 is 1.73 bits per heavy atom. The first-order valence-corrected chi connectivity index (χ1v) is 15.2. The van der Waals surface area contributed by atoms with Crippen molar-refractivity contribution >= 4 is 29.7 Å². The number of carbonyl (C=O) groups is 4. The smallest absolute Gasteiger partial charge is 0.264 e. The number of ether oxygens (including phenoxy) is 7. The van der Waals surface area contributed by atoms with Crippen molar-refractivity contribution < 1.29 is 52.3 Å². The van der Waals surface area contributed by atoms with Crippen LogP contribution in [0.3, 0.4) is 0 Å². The minimum Gasteiger partial charge on any atom is -0.382 e. The predicted octanol–water partition coefficient (Wildman–Crippen LogP) is -0.137. The quantitative estimate of drug-likeness (QED) is 0.0598. The molecule has 15 heteroatoms. The zero-order valence-corrected chi connectivity index (χ0v) is 26.1. The van der Waals surface area contributed by atoms with Gasteiger partial charge in [-0.15, -0.1) is 0 Å². The Balaban J connectivity index is 1.46. The fourth-order valence-electron chi connectivity index (χ4n) is 4.18. The number of imide groups is 1. The topological polar surface area (TPSA) is 186 Å². The highest BCUT2D eigenvalue weighted by atomic mass is 16.6. The second kappa shape index (κ2) is 24.2. The van der Waals surface area contributed by atoms with E-state index in [1.807, 2.05) is 0 Å². The molecule has 0 radical (unpaired) electrons. The van der Waals surface area contributed by atoms with E-state index in [2.05, 4.69) is 10.6 Å². The van der Waals surface area contributed by atoms with Gasteiger partial charge in [0.1, 0.15) is 6.29 Å². The lowest BCUT2D eigenvalue weighted by molar-refractivity contribution is -0.121. The molecule has 1 aromatic rings. The minimum absolute atomic E-state index is 0.0177. The van der Waals surface area contributed by atoms with Crippen LogP contribution >= 0.6 is 0 Å². The monoisotopic (exact) mass is 640 g/mol. The lowest BCUT2D eigenvalue weighted by Gasteiger charge is -2.21. The summed E-state index contributed by atoms with van der Waals surface area (Å²) < 4.78 is 37.9. The third-order valence-corrected chi connectivity index (χ3v) is 6.44. The molecule has 1 aliphatic rings. The SMILES string of the molecule is CNC(=O)CCC(C=O)N1C(=O)c2cccc(NCCOCCOCCOCCOCCOCCOCCOCCN)c2C1=O. The Kier molecular flexibility index (Phi) is 20.6. The summed E-state index contributed by atoms with van der Waals surface area (Å²) in [7, 11) is 1.48. The summed E-state index contributed by atoms with van der Waals surface area (Å²) in [6, 6.07) is 3.88. The summed E-state index contributed by atoms with van der Waals surface area (Å²) in [5.74, 6) is -1.40. The van der Waals surface area contributed by atoms with Crippen LogP contribution < -0.4 is 16.4 Å². The minimum atomic E-state index is -1.02. The number of amides is 3. The summed E-state index contributed by atoms with van der Waals surface area (Å²) >= 11 is 0. The van der Waals surface area contributed by atoms with Crippen molar-refractivity contribution in [3.05, 3.63) is 29.3 Å². The summed E-state index contributed by atoms with van der Waals surface area (Å²) in [5.41, 5.74) is 6.22. The summed E-state index contributed by atoms with van der Waals surface area (Å²) in [6.07, 6.45) is 0.593. The van der Waals surface area contributed by atoms with Gasteiger partial charge in [0.25, 0.3) is 11.8 Å². The van der Waals surface area contributed by atoms with E-state index >= 15 is 0 Å². The number of nitrogens with one attached hydrogen (secondary N) is 2. The molecule has 45 heavy (non-hydrogen) atoms. The first-order chi connectivity index (χ1) is 22.0. The fraction of sp³-hybridized carbons (Fsp3) is 0.667. The number of benzene rings is 1. The van der Waals surface area contributed by atoms with Gasteiger partial charge in [-0.2, -0.15) is 0 Å². The first-order valence-electron chi connectivity index (χ1n) is 15.2. The van der Waals surface area contributed by atoms with E-state index in [0.29, 0.717) is 118 Å². The second-order valence-electron chi connectivity index (χ2n) is 9.63. The fourth-order valence-corrected chi connectivity index (χ4v) is 4.18. The van der Waals surface area contributed by atoms with Crippen LogP contribution in [-0.4, -0.2) is 148 Å². The van der Waals surface area contributed by atoms with Crippen LogP contribution in [0.4, 0.5) is 5.69 Å². The molecule has 254 valence electrons. The highest BCUT2D eigenvalue weighted by Crippen LogP contribution is 2.31. The van der Waals surface area contributed by atoms with E-state index < -0.39 is 17.9 Å². The molecular weight excluding hydrogens is 592 g/mol. The number of aldehydes is 1. The number of anilines is 1. The Bertz CT molecular complexity index is 1010. The molecule has 1 aliphatic heterocycles. The van der Waals surface area contributed by atoms with E-state index in [-0.39, 0.29) is 29.9 Å². The standard InChI is InChI=1S/C30H48N4O11/c1-32-27(36)6-5-24(23-35)34-29(37)25-3-2-4-26(28(25)30(34)38)33-8-10-40-12-14-42-16-18-44-20-22-45-21-19-43-17-15-41-13-11-39-9-7-31/h2-4,23-24,33H,5-22,31H2,1H3,(H,32,36). The van der Waals surface area contributed by atoms with Crippen molar-refractivity contribution in [2.75, 3.05) is 118 Å². The van der Waals surface area contributed by atoms with Crippen molar-refractivity contribution in [1.29, 1.82) is 0 Å². The van der Waals surface area contributed by atoms with Gasteiger partial charge in [0, 0.05) is 32.2 Å². The molecule has 0 fully saturated rings. The Morgan fingerprint density at radius 2 is 1.27 bits per heavy atom. The van der Waals surface area contributed by atoms with Crippen molar-refractivity contribution in [3.63, 3.8) is 0 Å². The van der Waals surface area contributed by atoms with Crippen molar-refractivity contribution in [2.45, 2.75) is 18.9 Å². The van der Waals surface area contributed by atoms with Crippen LogP contribution in [0.15, 0.2) is 18.2 Å². The van der Waals surface area contributed by atoms with Crippen LogP contribution in [0.1, 0.15) is 33.6 Å². The third kappa shape index (κ3) is 14.7. The molecule has 0 aromatic heterocycles. The van der Waals surface area contributed by atoms with Crippen molar-refractivity contribution in [2.24, 2.45) is 5.73 Å². The van der Waals surface area contributed by atoms with E-state index in [1.54, 1.807) is 18.2 Å². The van der Waals surface area contributed by atoms with E-state index in [9.17, 15) is 19.2 Å². The number of nitrogens with zero attached hydrogens (tertiary/aromatic N) is 1. The zero-order valence-electron chi connectivity index (χ0n) is 26.1. The highest BCUT2D eigenvalue weighted by molar-refractivity contribution is 6.24. The maximum absolute atomic E-state index is 13.1. The summed E-state index contributed by atoms with van der Waals surface area (Å²) in [6.45, 7) is 7.35. The van der Waals surface area contributed by atoms with E-state index in [0.717, 1.165) is 4.90 Å². The first kappa shape index (κ1) is 38.2. The molecule has 4 N–H and O–H groups in total. The van der Waals surface area contributed by atoms with Gasteiger partial charge in [0.05, 0.1) is 110 Å².